The van der Waals surface area contributed by atoms with Crippen LogP contribution < -0.4 is 0 Å². The molecule has 1 nitrogen and oxygen atoms in total. The van der Waals surface area contributed by atoms with Crippen LogP contribution >= 0.6 is 0 Å². The van der Waals surface area contributed by atoms with Crippen molar-refractivity contribution in [1.82, 2.24) is 0 Å². The van der Waals surface area contributed by atoms with Crippen LogP contribution in [0.15, 0.2) is 24.3 Å². The minimum Gasteiger partial charge on any atom is -0.289 e. The lowest BCUT2D eigenvalue weighted by Crippen LogP contribution is -2.25. The predicted octanol–water partition coefficient (Wildman–Crippen LogP) is 3.38. The molecule has 0 radical (unpaired) electrons. The van der Waals surface area contributed by atoms with E-state index in [0.29, 0.717) is 6.07 Å². The standard InChI is InChI=1S/C10H6F6O/c11-9(12,13)7-4-2-1-3-6(7)5-8(17)10(14,15)16/h1-4H,5H2. The van der Waals surface area contributed by atoms with E-state index in [2.05, 4.69) is 0 Å². The molecular formula is C10H6F6O. The van der Waals surface area contributed by atoms with E-state index in [0.717, 1.165) is 18.2 Å². The Kier molecular flexibility index (Phi) is 3.49. The second-order valence-corrected chi connectivity index (χ2v) is 3.25. The number of hydrogen-bond acceptors (Lipinski definition) is 1. The highest BCUT2D eigenvalue weighted by Crippen LogP contribution is 2.32. The van der Waals surface area contributed by atoms with E-state index in [-0.39, 0.29) is 0 Å². The lowest BCUT2D eigenvalue weighted by Gasteiger charge is -2.12. The van der Waals surface area contributed by atoms with Crippen molar-refractivity contribution in [1.29, 1.82) is 0 Å². The molecule has 7 heteroatoms. The van der Waals surface area contributed by atoms with Crippen LogP contribution in [-0.4, -0.2) is 12.0 Å². The third-order valence-corrected chi connectivity index (χ3v) is 1.99. The summed E-state index contributed by atoms with van der Waals surface area (Å²) >= 11 is 0. The monoisotopic (exact) mass is 256 g/mol. The highest BCUT2D eigenvalue weighted by molar-refractivity contribution is 5.86. The van der Waals surface area contributed by atoms with Crippen molar-refractivity contribution >= 4 is 5.78 Å². The third-order valence-electron chi connectivity index (χ3n) is 1.99. The fourth-order valence-corrected chi connectivity index (χ4v) is 1.22. The zero-order valence-corrected chi connectivity index (χ0v) is 8.19. The van der Waals surface area contributed by atoms with Gasteiger partial charge in [-0.2, -0.15) is 26.3 Å². The SMILES string of the molecule is O=C(Cc1ccccc1C(F)(F)F)C(F)(F)F. The Hall–Kier alpha value is -1.53. The molecule has 0 aliphatic carbocycles. The van der Waals surface area contributed by atoms with Gasteiger partial charge in [-0.3, -0.25) is 4.79 Å². The normalized spacial score (nSPS) is 12.6. The Labute approximate surface area is 92.0 Å². The molecule has 17 heavy (non-hydrogen) atoms. The van der Waals surface area contributed by atoms with Gasteiger partial charge in [0.15, 0.2) is 0 Å². The van der Waals surface area contributed by atoms with Gasteiger partial charge >= 0.3 is 12.4 Å². The maximum absolute atomic E-state index is 12.4. The van der Waals surface area contributed by atoms with Crippen LogP contribution in [-0.2, 0) is 17.4 Å². The van der Waals surface area contributed by atoms with Crippen LogP contribution in [0.25, 0.3) is 0 Å². The molecule has 0 N–H and O–H groups in total. The van der Waals surface area contributed by atoms with Crippen molar-refractivity contribution in [2.24, 2.45) is 0 Å². The molecule has 0 saturated heterocycles. The summed E-state index contributed by atoms with van der Waals surface area (Å²) in [7, 11) is 0. The van der Waals surface area contributed by atoms with Gasteiger partial charge in [0.2, 0.25) is 5.78 Å². The molecule has 0 saturated carbocycles. The highest BCUT2D eigenvalue weighted by atomic mass is 19.4. The number of rotatable bonds is 2. The Morgan fingerprint density at radius 3 is 2.00 bits per heavy atom. The van der Waals surface area contributed by atoms with Crippen LogP contribution in [0.5, 0.6) is 0 Å². The molecule has 0 heterocycles. The molecule has 0 aliphatic heterocycles. The van der Waals surface area contributed by atoms with Gasteiger partial charge < -0.3 is 0 Å². The van der Waals surface area contributed by atoms with E-state index < -0.39 is 35.7 Å². The number of carbonyl (C=O) groups excluding carboxylic acids is 1. The maximum Gasteiger partial charge on any atom is 0.450 e. The van der Waals surface area contributed by atoms with Crippen molar-refractivity contribution in [2.75, 3.05) is 0 Å². The Morgan fingerprint density at radius 1 is 1.00 bits per heavy atom. The zero-order valence-electron chi connectivity index (χ0n) is 8.19. The van der Waals surface area contributed by atoms with Gasteiger partial charge in [-0.1, -0.05) is 18.2 Å². The van der Waals surface area contributed by atoms with Gasteiger partial charge in [-0.15, -0.1) is 0 Å². The van der Waals surface area contributed by atoms with E-state index in [9.17, 15) is 31.1 Å². The van der Waals surface area contributed by atoms with Crippen LogP contribution in [0.3, 0.4) is 0 Å². The first-order chi connectivity index (χ1) is 7.62. The fourth-order valence-electron chi connectivity index (χ4n) is 1.22. The Bertz CT molecular complexity index is 418. The van der Waals surface area contributed by atoms with E-state index >= 15 is 0 Å². The number of benzene rings is 1. The first-order valence-electron chi connectivity index (χ1n) is 4.37. The molecule has 0 atom stereocenters. The van der Waals surface area contributed by atoms with Gasteiger partial charge in [0.1, 0.15) is 0 Å². The van der Waals surface area contributed by atoms with Gasteiger partial charge in [-0.25, -0.2) is 0 Å². The number of halogens is 6. The van der Waals surface area contributed by atoms with Crippen molar-refractivity contribution in [3.63, 3.8) is 0 Å². The number of ketones is 1. The molecule has 0 spiro atoms. The molecule has 0 bridgehead atoms. The van der Waals surface area contributed by atoms with Crippen LogP contribution in [0.2, 0.25) is 0 Å². The largest absolute Gasteiger partial charge is 0.450 e. The van der Waals surface area contributed by atoms with Gasteiger partial charge in [0.05, 0.1) is 5.56 Å². The van der Waals surface area contributed by atoms with E-state index in [1.807, 2.05) is 0 Å². The summed E-state index contributed by atoms with van der Waals surface area (Å²) in [6, 6.07) is 3.68. The average molecular weight is 256 g/mol. The number of hydrogen-bond donors (Lipinski definition) is 0. The lowest BCUT2D eigenvalue weighted by molar-refractivity contribution is -0.170. The number of carbonyl (C=O) groups is 1. The van der Waals surface area contributed by atoms with Crippen molar-refractivity contribution in [2.45, 2.75) is 18.8 Å². The summed E-state index contributed by atoms with van der Waals surface area (Å²) in [5, 5.41) is 0. The Morgan fingerprint density at radius 2 is 1.53 bits per heavy atom. The Balaban J connectivity index is 3.04. The quantitative estimate of drug-likeness (QED) is 0.741. The van der Waals surface area contributed by atoms with E-state index in [4.69, 9.17) is 0 Å². The zero-order chi connectivity index (χ0) is 13.3. The topological polar surface area (TPSA) is 17.1 Å². The van der Waals surface area contributed by atoms with Crippen LogP contribution in [0.1, 0.15) is 11.1 Å². The summed E-state index contributed by atoms with van der Waals surface area (Å²) in [5.41, 5.74) is -1.90. The third kappa shape index (κ3) is 3.47. The molecule has 0 aromatic heterocycles. The van der Waals surface area contributed by atoms with Crippen LogP contribution in [0, 0.1) is 0 Å². The van der Waals surface area contributed by atoms with Crippen molar-refractivity contribution < 1.29 is 31.1 Å². The van der Waals surface area contributed by atoms with E-state index in [1.165, 1.54) is 0 Å². The molecule has 0 aliphatic rings. The minimum atomic E-state index is -5.13. The summed E-state index contributed by atoms with van der Waals surface area (Å²) in [4.78, 5) is 10.6. The first kappa shape index (κ1) is 13.5. The summed E-state index contributed by atoms with van der Waals surface area (Å²) in [6.07, 6.45) is -11.2. The van der Waals surface area contributed by atoms with Crippen LogP contribution in [0.4, 0.5) is 26.3 Å². The average Bonchev–Trinajstić information content (AvgIpc) is 2.15. The van der Waals surface area contributed by atoms with Gasteiger partial charge in [0.25, 0.3) is 0 Å². The lowest BCUT2D eigenvalue weighted by atomic mass is 10.0. The molecule has 0 amide bonds. The molecule has 1 rings (SSSR count). The minimum absolute atomic E-state index is 0.638. The number of alkyl halides is 6. The smallest absolute Gasteiger partial charge is 0.289 e. The summed E-state index contributed by atoms with van der Waals surface area (Å²) in [5.74, 6) is -2.20. The molecule has 0 fully saturated rings. The second-order valence-electron chi connectivity index (χ2n) is 3.25. The maximum atomic E-state index is 12.4. The molecule has 1 aromatic rings. The summed E-state index contributed by atoms with van der Waals surface area (Å²) in [6.45, 7) is 0. The first-order valence-corrected chi connectivity index (χ1v) is 4.37. The van der Waals surface area contributed by atoms with E-state index in [1.54, 1.807) is 0 Å². The molecular weight excluding hydrogens is 250 g/mol. The molecule has 94 valence electrons. The van der Waals surface area contributed by atoms with Crippen molar-refractivity contribution in [3.8, 4) is 0 Å². The van der Waals surface area contributed by atoms with Gasteiger partial charge in [0, 0.05) is 6.42 Å². The highest BCUT2D eigenvalue weighted by Gasteiger charge is 2.40. The fraction of sp³-hybridized carbons (Fsp3) is 0.300. The number of Topliss-reactive ketones (excluding diaryl/α,β-unsaturated/α-hetero) is 1. The van der Waals surface area contributed by atoms with Gasteiger partial charge in [-0.05, 0) is 11.6 Å². The molecule has 0 unspecified atom stereocenters. The van der Waals surface area contributed by atoms with Crippen molar-refractivity contribution in [3.05, 3.63) is 35.4 Å². The molecule has 1 aromatic carbocycles. The summed E-state index contributed by atoms with van der Waals surface area (Å²) < 4.78 is 73.0. The predicted molar refractivity (Wildman–Crippen MR) is 46.2 cm³/mol. The second kappa shape index (κ2) is 4.38.